The molecule has 0 N–H and O–H groups in total. The molecule has 0 unspecified atom stereocenters. The second-order valence-electron chi connectivity index (χ2n) is 3.42. The summed E-state index contributed by atoms with van der Waals surface area (Å²) in [6, 6.07) is 0.139. The lowest BCUT2D eigenvalue weighted by atomic mass is 10.2. The number of rotatable bonds is 3. The minimum absolute atomic E-state index is 0.139. The van der Waals surface area contributed by atoms with Gasteiger partial charge in [-0.2, -0.15) is 13.2 Å². The van der Waals surface area contributed by atoms with Gasteiger partial charge in [-0.05, 0) is 6.07 Å². The summed E-state index contributed by atoms with van der Waals surface area (Å²) in [7, 11) is -0.248. The topological polar surface area (TPSA) is 56.3 Å². The highest BCUT2D eigenvalue weighted by molar-refractivity contribution is 8.13. The highest BCUT2D eigenvalue weighted by Gasteiger charge is 2.40. The molecule has 0 aliphatic carbocycles. The van der Waals surface area contributed by atoms with E-state index in [9.17, 15) is 34.8 Å². The molecule has 1 rings (SSSR count). The van der Waals surface area contributed by atoms with Crippen molar-refractivity contribution in [3.05, 3.63) is 17.3 Å². The molecule has 1 heterocycles. The fourth-order valence-electron chi connectivity index (χ4n) is 1.20. The molecule has 0 saturated carbocycles. The lowest BCUT2D eigenvalue weighted by Crippen LogP contribution is -2.21. The first-order chi connectivity index (χ1) is 9.25. The first-order valence-corrected chi connectivity index (χ1v) is 7.47. The highest BCUT2D eigenvalue weighted by Crippen LogP contribution is 2.38. The summed E-state index contributed by atoms with van der Waals surface area (Å²) in [5.41, 5.74) is -2.65. The van der Waals surface area contributed by atoms with Crippen molar-refractivity contribution in [2.24, 2.45) is 0 Å². The number of ether oxygens (including phenoxy) is 1. The molecular formula is C8H3Cl2F6NO3S. The van der Waals surface area contributed by atoms with Crippen LogP contribution in [-0.2, 0) is 21.1 Å². The Hall–Kier alpha value is -0.940. The van der Waals surface area contributed by atoms with E-state index >= 15 is 0 Å². The number of pyridine rings is 1. The molecule has 1 aromatic heterocycles. The average molecular weight is 378 g/mol. The summed E-state index contributed by atoms with van der Waals surface area (Å²) in [6.07, 6.45) is -10.5. The highest BCUT2D eigenvalue weighted by atomic mass is 35.7. The van der Waals surface area contributed by atoms with Crippen molar-refractivity contribution in [3.63, 3.8) is 0 Å². The Balaban J connectivity index is 3.69. The monoisotopic (exact) mass is 377 g/mol. The third-order valence-electron chi connectivity index (χ3n) is 1.90. The molecule has 120 valence electrons. The maximum atomic E-state index is 12.5. The Morgan fingerprint density at radius 2 is 1.71 bits per heavy atom. The van der Waals surface area contributed by atoms with E-state index in [1.54, 1.807) is 0 Å². The lowest BCUT2D eigenvalue weighted by molar-refractivity contribution is -0.276. The second kappa shape index (κ2) is 5.69. The van der Waals surface area contributed by atoms with Crippen LogP contribution in [0.5, 0.6) is 5.75 Å². The van der Waals surface area contributed by atoms with Gasteiger partial charge in [0.05, 0.1) is 5.88 Å². The molecular weight excluding hydrogens is 375 g/mol. The molecule has 0 aliphatic rings. The summed E-state index contributed by atoms with van der Waals surface area (Å²) >= 11 is 5.22. The van der Waals surface area contributed by atoms with E-state index in [0.29, 0.717) is 0 Å². The fraction of sp³-hybridized carbons (Fsp3) is 0.375. The van der Waals surface area contributed by atoms with E-state index < -0.39 is 49.5 Å². The summed E-state index contributed by atoms with van der Waals surface area (Å²) in [5.74, 6) is -2.39. The van der Waals surface area contributed by atoms with Gasteiger partial charge in [-0.3, -0.25) is 0 Å². The number of alkyl halides is 7. The molecule has 0 fully saturated rings. The molecule has 21 heavy (non-hydrogen) atoms. The molecule has 0 amide bonds. The maximum Gasteiger partial charge on any atom is 0.573 e. The van der Waals surface area contributed by atoms with E-state index in [0.717, 1.165) is 0 Å². The first-order valence-electron chi connectivity index (χ1n) is 4.63. The molecule has 13 heteroatoms. The van der Waals surface area contributed by atoms with E-state index in [-0.39, 0.29) is 6.07 Å². The summed E-state index contributed by atoms with van der Waals surface area (Å²) in [6.45, 7) is 0. The summed E-state index contributed by atoms with van der Waals surface area (Å²) in [5, 5.41) is -1.72. The van der Waals surface area contributed by atoms with E-state index in [1.807, 2.05) is 0 Å². The third-order valence-corrected chi connectivity index (χ3v) is 3.37. The van der Waals surface area contributed by atoms with Gasteiger partial charge in [0.2, 0.25) is 5.03 Å². The van der Waals surface area contributed by atoms with Crippen LogP contribution in [0.25, 0.3) is 0 Å². The van der Waals surface area contributed by atoms with Gasteiger partial charge in [0, 0.05) is 16.2 Å². The average Bonchev–Trinajstić information content (AvgIpc) is 2.23. The minimum atomic E-state index is -5.38. The van der Waals surface area contributed by atoms with Crippen molar-refractivity contribution in [1.29, 1.82) is 0 Å². The van der Waals surface area contributed by atoms with Crippen LogP contribution in [0, 0.1) is 0 Å². The first kappa shape index (κ1) is 18.1. The van der Waals surface area contributed by atoms with Gasteiger partial charge >= 0.3 is 12.5 Å². The summed E-state index contributed by atoms with van der Waals surface area (Å²) in [4.78, 5) is 2.58. The van der Waals surface area contributed by atoms with Gasteiger partial charge in [-0.1, -0.05) is 0 Å². The van der Waals surface area contributed by atoms with Crippen LogP contribution < -0.4 is 4.74 Å². The fourth-order valence-corrected chi connectivity index (χ4v) is 2.31. The molecule has 0 atom stereocenters. The zero-order chi connectivity index (χ0) is 16.6. The normalized spacial score (nSPS) is 13.3. The molecule has 4 nitrogen and oxygen atoms in total. The van der Waals surface area contributed by atoms with Crippen molar-refractivity contribution in [3.8, 4) is 5.75 Å². The van der Waals surface area contributed by atoms with Gasteiger partial charge in [-0.25, -0.2) is 13.4 Å². The smallest absolute Gasteiger partial charge is 0.402 e. The van der Waals surface area contributed by atoms with Crippen LogP contribution in [0.4, 0.5) is 26.3 Å². The van der Waals surface area contributed by atoms with Crippen LogP contribution in [0.3, 0.4) is 0 Å². The molecule has 0 saturated heterocycles. The zero-order valence-electron chi connectivity index (χ0n) is 9.39. The maximum absolute atomic E-state index is 12.5. The predicted molar refractivity (Wildman–Crippen MR) is 58.5 cm³/mol. The Morgan fingerprint density at radius 3 is 2.05 bits per heavy atom. The van der Waals surface area contributed by atoms with Gasteiger partial charge in [-0.15, -0.1) is 24.8 Å². The third kappa shape index (κ3) is 4.78. The second-order valence-corrected chi connectivity index (χ2v) is 6.17. The molecule has 0 aliphatic heterocycles. The van der Waals surface area contributed by atoms with Gasteiger partial charge in [0.15, 0.2) is 5.75 Å². The SMILES string of the molecule is O=S(=O)(Cl)c1nc(C(F)(F)F)cc(CCl)c1OC(F)(F)F. The Bertz CT molecular complexity index is 643. The number of aromatic nitrogens is 1. The lowest BCUT2D eigenvalue weighted by Gasteiger charge is -2.16. The van der Waals surface area contributed by atoms with Gasteiger partial charge < -0.3 is 4.74 Å². The molecule has 0 radical (unpaired) electrons. The largest absolute Gasteiger partial charge is 0.573 e. The quantitative estimate of drug-likeness (QED) is 0.458. The van der Waals surface area contributed by atoms with Crippen molar-refractivity contribution < 1.29 is 39.5 Å². The van der Waals surface area contributed by atoms with Crippen molar-refractivity contribution >= 4 is 31.3 Å². The molecule has 0 aromatic carbocycles. The van der Waals surface area contributed by atoms with Crippen LogP contribution in [0.15, 0.2) is 11.1 Å². The zero-order valence-corrected chi connectivity index (χ0v) is 11.7. The van der Waals surface area contributed by atoms with E-state index in [2.05, 4.69) is 9.72 Å². The van der Waals surface area contributed by atoms with Crippen molar-refractivity contribution in [1.82, 2.24) is 4.98 Å². The molecule has 0 spiro atoms. The Morgan fingerprint density at radius 1 is 1.19 bits per heavy atom. The van der Waals surface area contributed by atoms with Crippen LogP contribution in [0.2, 0.25) is 0 Å². The summed E-state index contributed by atoms with van der Waals surface area (Å²) < 4.78 is 99.9. The van der Waals surface area contributed by atoms with Crippen LogP contribution >= 0.6 is 22.3 Å². The minimum Gasteiger partial charge on any atom is -0.402 e. The molecule has 0 bridgehead atoms. The van der Waals surface area contributed by atoms with Crippen LogP contribution in [0.1, 0.15) is 11.3 Å². The van der Waals surface area contributed by atoms with E-state index in [4.69, 9.17) is 22.3 Å². The Labute approximate surface area is 123 Å². The van der Waals surface area contributed by atoms with Gasteiger partial charge in [0.25, 0.3) is 9.05 Å². The van der Waals surface area contributed by atoms with Crippen LogP contribution in [-0.4, -0.2) is 19.8 Å². The standard InChI is InChI=1S/C8H3Cl2F6NO3S/c9-2-3-1-4(7(11,12)13)17-6(21(10,18)19)5(3)20-8(14,15)16/h1H,2H2. The number of halogens is 8. The predicted octanol–water partition coefficient (Wildman–Crippen LogP) is 3.67. The number of nitrogens with zero attached hydrogens (tertiary/aromatic N) is 1. The van der Waals surface area contributed by atoms with Gasteiger partial charge in [0.1, 0.15) is 5.69 Å². The van der Waals surface area contributed by atoms with Crippen molar-refractivity contribution in [2.75, 3.05) is 0 Å². The van der Waals surface area contributed by atoms with E-state index in [1.165, 1.54) is 0 Å². The Kier molecular flexibility index (Phi) is 4.91. The van der Waals surface area contributed by atoms with Crippen molar-refractivity contribution in [2.45, 2.75) is 23.4 Å². The number of hydrogen-bond acceptors (Lipinski definition) is 4. The number of hydrogen-bond donors (Lipinski definition) is 0. The molecule has 1 aromatic rings.